The molecule has 2 heteroatoms. The van der Waals surface area contributed by atoms with E-state index in [1.54, 1.807) is 12.4 Å². The molecule has 0 fully saturated rings. The van der Waals surface area contributed by atoms with Crippen LogP contribution in [0.5, 0.6) is 0 Å². The third kappa shape index (κ3) is 5.96. The van der Waals surface area contributed by atoms with Crippen molar-refractivity contribution in [2.45, 2.75) is 39.5 Å². The second-order valence-electron chi connectivity index (χ2n) is 9.29. The standard InChI is InChI=1S/C32H32N2/c1-23(2)27-13-17-31(18-14-27)29-9-5-25(6-10-29)21-33-34-22-26-7-11-30(12-8-26)32-19-15-28(16-20-32)24(3)4/h5-24H,1-4H3/b33-21+,34-22+. The predicted octanol–water partition coefficient (Wildman–Crippen LogP) is 8.72. The van der Waals surface area contributed by atoms with Crippen LogP contribution in [0, 0.1) is 0 Å². The summed E-state index contributed by atoms with van der Waals surface area (Å²) in [4.78, 5) is 0. The molecule has 0 aliphatic rings. The van der Waals surface area contributed by atoms with Gasteiger partial charge in [0, 0.05) is 0 Å². The van der Waals surface area contributed by atoms with E-state index < -0.39 is 0 Å². The molecule has 0 aliphatic carbocycles. The quantitative estimate of drug-likeness (QED) is 0.201. The Hall–Kier alpha value is -3.78. The van der Waals surface area contributed by atoms with Crippen molar-refractivity contribution in [3.63, 3.8) is 0 Å². The highest BCUT2D eigenvalue weighted by Crippen LogP contribution is 2.24. The van der Waals surface area contributed by atoms with Crippen molar-refractivity contribution >= 4 is 12.4 Å². The second kappa shape index (κ2) is 10.9. The molecular weight excluding hydrogens is 412 g/mol. The highest BCUT2D eigenvalue weighted by atomic mass is 15.2. The Kier molecular flexibility index (Phi) is 7.49. The van der Waals surface area contributed by atoms with Gasteiger partial charge in [0.15, 0.2) is 0 Å². The maximum absolute atomic E-state index is 4.22. The fourth-order valence-electron chi connectivity index (χ4n) is 3.84. The van der Waals surface area contributed by atoms with Crippen LogP contribution in [0.2, 0.25) is 0 Å². The third-order valence-corrected chi connectivity index (χ3v) is 6.12. The Morgan fingerprint density at radius 3 is 0.941 bits per heavy atom. The molecule has 170 valence electrons. The monoisotopic (exact) mass is 444 g/mol. The molecule has 0 atom stereocenters. The Balaban J connectivity index is 1.35. The van der Waals surface area contributed by atoms with Crippen LogP contribution in [0.15, 0.2) is 107 Å². The first-order valence-electron chi connectivity index (χ1n) is 12.0. The molecule has 0 unspecified atom stereocenters. The van der Waals surface area contributed by atoms with Gasteiger partial charge in [-0.05, 0) is 56.3 Å². The summed E-state index contributed by atoms with van der Waals surface area (Å²) in [5.74, 6) is 1.10. The van der Waals surface area contributed by atoms with Gasteiger partial charge in [0.1, 0.15) is 0 Å². The lowest BCUT2D eigenvalue weighted by Crippen LogP contribution is -1.87. The van der Waals surface area contributed by atoms with Gasteiger partial charge in [-0.25, -0.2) is 0 Å². The lowest BCUT2D eigenvalue weighted by atomic mass is 9.98. The molecule has 0 aromatic heterocycles. The molecule has 0 saturated carbocycles. The molecule has 34 heavy (non-hydrogen) atoms. The van der Waals surface area contributed by atoms with E-state index >= 15 is 0 Å². The molecule has 0 bridgehead atoms. The molecule has 0 radical (unpaired) electrons. The molecule has 0 amide bonds. The topological polar surface area (TPSA) is 24.7 Å². The molecule has 2 nitrogen and oxygen atoms in total. The van der Waals surface area contributed by atoms with E-state index in [9.17, 15) is 0 Å². The Labute approximate surface area is 203 Å². The van der Waals surface area contributed by atoms with Crippen LogP contribution in [0.25, 0.3) is 22.3 Å². The summed E-state index contributed by atoms with van der Waals surface area (Å²) >= 11 is 0. The largest absolute Gasteiger partial charge is 0.159 e. The minimum atomic E-state index is 0.549. The van der Waals surface area contributed by atoms with Gasteiger partial charge in [-0.2, -0.15) is 10.2 Å². The van der Waals surface area contributed by atoms with Gasteiger partial charge in [0.05, 0.1) is 12.4 Å². The van der Waals surface area contributed by atoms with E-state index in [0.29, 0.717) is 11.8 Å². The van der Waals surface area contributed by atoms with E-state index in [1.165, 1.54) is 33.4 Å². The van der Waals surface area contributed by atoms with Crippen LogP contribution in [0.1, 0.15) is 61.8 Å². The minimum absolute atomic E-state index is 0.549. The Morgan fingerprint density at radius 2 is 0.676 bits per heavy atom. The van der Waals surface area contributed by atoms with Gasteiger partial charge in [-0.1, -0.05) is 125 Å². The van der Waals surface area contributed by atoms with Gasteiger partial charge in [-0.15, -0.1) is 0 Å². The van der Waals surface area contributed by atoms with E-state index in [1.807, 2.05) is 0 Å². The van der Waals surface area contributed by atoms with Gasteiger partial charge in [0.25, 0.3) is 0 Å². The molecule has 0 aliphatic heterocycles. The molecule has 0 N–H and O–H groups in total. The zero-order chi connectivity index (χ0) is 23.9. The van der Waals surface area contributed by atoms with Gasteiger partial charge >= 0.3 is 0 Å². The minimum Gasteiger partial charge on any atom is -0.159 e. The average molecular weight is 445 g/mol. The van der Waals surface area contributed by atoms with Crippen LogP contribution in [-0.2, 0) is 0 Å². The molecule has 4 aromatic rings. The average Bonchev–Trinajstić information content (AvgIpc) is 2.87. The van der Waals surface area contributed by atoms with Gasteiger partial charge in [0.2, 0.25) is 0 Å². The van der Waals surface area contributed by atoms with Crippen molar-refractivity contribution < 1.29 is 0 Å². The van der Waals surface area contributed by atoms with Crippen LogP contribution in [0.3, 0.4) is 0 Å². The lowest BCUT2D eigenvalue weighted by Gasteiger charge is -2.07. The first kappa shape index (κ1) is 23.4. The molecule has 0 saturated heterocycles. The molecule has 4 rings (SSSR count). The lowest BCUT2D eigenvalue weighted by molar-refractivity contribution is 0.867. The van der Waals surface area contributed by atoms with Crippen molar-refractivity contribution in [2.24, 2.45) is 10.2 Å². The summed E-state index contributed by atoms with van der Waals surface area (Å²) in [5.41, 5.74) is 9.64. The van der Waals surface area contributed by atoms with E-state index in [0.717, 1.165) is 11.1 Å². The van der Waals surface area contributed by atoms with Crippen molar-refractivity contribution in [3.8, 4) is 22.3 Å². The first-order chi connectivity index (χ1) is 16.5. The van der Waals surface area contributed by atoms with E-state index in [2.05, 4.69) is 135 Å². The van der Waals surface area contributed by atoms with Gasteiger partial charge < -0.3 is 0 Å². The summed E-state index contributed by atoms with van der Waals surface area (Å²) in [6, 6.07) is 34.4. The Morgan fingerprint density at radius 1 is 0.412 bits per heavy atom. The van der Waals surface area contributed by atoms with Crippen LogP contribution < -0.4 is 0 Å². The molecule has 0 spiro atoms. The fourth-order valence-corrected chi connectivity index (χ4v) is 3.84. The Bertz CT molecular complexity index is 1140. The number of rotatable bonds is 7. The summed E-state index contributed by atoms with van der Waals surface area (Å²) < 4.78 is 0. The fraction of sp³-hybridized carbons (Fsp3) is 0.188. The predicted molar refractivity (Wildman–Crippen MR) is 147 cm³/mol. The second-order valence-corrected chi connectivity index (χ2v) is 9.29. The third-order valence-electron chi connectivity index (χ3n) is 6.12. The summed E-state index contributed by atoms with van der Waals surface area (Å²) in [6.45, 7) is 8.86. The van der Waals surface area contributed by atoms with Crippen molar-refractivity contribution in [3.05, 3.63) is 119 Å². The maximum atomic E-state index is 4.22. The number of nitrogens with zero attached hydrogens (tertiary/aromatic N) is 2. The number of benzene rings is 4. The highest BCUT2D eigenvalue weighted by Gasteiger charge is 2.02. The van der Waals surface area contributed by atoms with Crippen LogP contribution in [0.4, 0.5) is 0 Å². The zero-order valence-corrected chi connectivity index (χ0v) is 20.4. The van der Waals surface area contributed by atoms with Crippen molar-refractivity contribution in [2.75, 3.05) is 0 Å². The van der Waals surface area contributed by atoms with Crippen molar-refractivity contribution in [1.82, 2.24) is 0 Å². The normalized spacial score (nSPS) is 11.8. The number of hydrogen-bond donors (Lipinski definition) is 0. The highest BCUT2D eigenvalue weighted by molar-refractivity contribution is 5.84. The molecular formula is C32H32N2. The smallest absolute Gasteiger partial charge is 0.0568 e. The zero-order valence-electron chi connectivity index (χ0n) is 20.4. The molecule has 0 heterocycles. The van der Waals surface area contributed by atoms with E-state index in [4.69, 9.17) is 0 Å². The van der Waals surface area contributed by atoms with Crippen LogP contribution in [-0.4, -0.2) is 12.4 Å². The van der Waals surface area contributed by atoms with Crippen molar-refractivity contribution in [1.29, 1.82) is 0 Å². The van der Waals surface area contributed by atoms with Gasteiger partial charge in [-0.3, -0.25) is 0 Å². The molecule has 4 aromatic carbocycles. The maximum Gasteiger partial charge on any atom is 0.0568 e. The SMILES string of the molecule is CC(C)c1ccc(-c2ccc(/C=N/N=C/c3ccc(-c4ccc(C(C)C)cc4)cc3)cc2)cc1. The van der Waals surface area contributed by atoms with E-state index in [-0.39, 0.29) is 0 Å². The summed E-state index contributed by atoms with van der Waals surface area (Å²) in [6.07, 6.45) is 3.57. The summed E-state index contributed by atoms with van der Waals surface area (Å²) in [5, 5.41) is 8.44. The summed E-state index contributed by atoms with van der Waals surface area (Å²) in [7, 11) is 0. The van der Waals surface area contributed by atoms with Crippen LogP contribution >= 0.6 is 0 Å². The number of hydrogen-bond acceptors (Lipinski definition) is 2. The first-order valence-corrected chi connectivity index (χ1v) is 12.0.